The molecule has 0 amide bonds. The van der Waals surface area contributed by atoms with Crippen molar-refractivity contribution in [3.8, 4) is 33.5 Å². The van der Waals surface area contributed by atoms with Crippen LogP contribution in [-0.4, -0.2) is 15.7 Å². The topological polar surface area (TPSA) is 41.0 Å². The van der Waals surface area contributed by atoms with Gasteiger partial charge < -0.3 is 4.98 Å². The van der Waals surface area contributed by atoms with Crippen LogP contribution in [0.15, 0.2) is 53.7 Å². The smallest absolute Gasteiger partial charge is 0.109 e. The Labute approximate surface area is 201 Å². The number of nitrogens with one attached hydrogen (secondary N) is 1. The number of aromatic amines is 1. The summed E-state index contributed by atoms with van der Waals surface area (Å²) in [5, 5.41) is 0. The Bertz CT molecular complexity index is 1480. The van der Waals surface area contributed by atoms with E-state index in [1.807, 2.05) is 6.20 Å². The van der Waals surface area contributed by atoms with Crippen molar-refractivity contribution in [2.45, 2.75) is 52.9 Å². The van der Waals surface area contributed by atoms with Crippen LogP contribution in [0.4, 0.5) is 5.69 Å². The standard InChI is InChI=1S/C31H29N3/c1-16(2)27-14-21-7-18(5-6-26(21)33-27)19-8-22-12-24-10-20(28-15-32-31(34-28)17(3)4)11-25-13-23(9-19)29(22)30(24)25/h5-11,15-17H,12-14H2,1-4H3,(H,32,34). The fraction of sp³-hybridized carbons (Fsp3) is 0.290. The second-order valence-electron chi connectivity index (χ2n) is 10.8. The second kappa shape index (κ2) is 7.02. The molecule has 7 rings (SSSR count). The number of hydrogen-bond donors (Lipinski definition) is 1. The molecule has 0 atom stereocenters. The molecule has 1 aliphatic heterocycles. The van der Waals surface area contributed by atoms with E-state index in [4.69, 9.17) is 4.99 Å². The third kappa shape index (κ3) is 2.89. The van der Waals surface area contributed by atoms with Crippen molar-refractivity contribution in [2.75, 3.05) is 0 Å². The van der Waals surface area contributed by atoms with Crippen molar-refractivity contribution in [1.82, 2.24) is 9.97 Å². The maximum absolute atomic E-state index is 4.85. The number of nitrogens with zero attached hydrogens (tertiary/aromatic N) is 2. The third-order valence-corrected chi connectivity index (χ3v) is 7.78. The van der Waals surface area contributed by atoms with Crippen LogP contribution in [0.2, 0.25) is 0 Å². The Morgan fingerprint density at radius 2 is 1.29 bits per heavy atom. The molecular weight excluding hydrogens is 414 g/mol. The first-order valence-corrected chi connectivity index (χ1v) is 12.5. The summed E-state index contributed by atoms with van der Waals surface area (Å²) in [4.78, 5) is 13.0. The second-order valence-corrected chi connectivity index (χ2v) is 10.8. The fourth-order valence-electron chi connectivity index (χ4n) is 5.98. The van der Waals surface area contributed by atoms with Gasteiger partial charge in [0.1, 0.15) is 5.82 Å². The van der Waals surface area contributed by atoms with Crippen LogP contribution < -0.4 is 0 Å². The van der Waals surface area contributed by atoms with E-state index < -0.39 is 0 Å². The monoisotopic (exact) mass is 443 g/mol. The number of fused-ring (bicyclic) bond motifs is 1. The third-order valence-electron chi connectivity index (χ3n) is 7.78. The highest BCUT2D eigenvalue weighted by molar-refractivity contribution is 5.96. The van der Waals surface area contributed by atoms with Crippen LogP contribution >= 0.6 is 0 Å². The van der Waals surface area contributed by atoms with E-state index in [0.29, 0.717) is 11.8 Å². The van der Waals surface area contributed by atoms with Crippen LogP contribution in [0.5, 0.6) is 0 Å². The lowest BCUT2D eigenvalue weighted by molar-refractivity contribution is 0.795. The van der Waals surface area contributed by atoms with E-state index >= 15 is 0 Å². The molecule has 3 aromatic carbocycles. The number of hydrogen-bond acceptors (Lipinski definition) is 2. The predicted octanol–water partition coefficient (Wildman–Crippen LogP) is 7.63. The zero-order chi connectivity index (χ0) is 23.1. The lowest BCUT2D eigenvalue weighted by Crippen LogP contribution is -2.06. The molecule has 4 aromatic rings. The zero-order valence-corrected chi connectivity index (χ0v) is 20.3. The number of H-pyrrole nitrogens is 1. The quantitative estimate of drug-likeness (QED) is 0.299. The van der Waals surface area contributed by atoms with E-state index in [-0.39, 0.29) is 0 Å². The van der Waals surface area contributed by atoms with E-state index in [9.17, 15) is 0 Å². The van der Waals surface area contributed by atoms with Gasteiger partial charge in [0.25, 0.3) is 0 Å². The first-order valence-electron chi connectivity index (χ1n) is 12.5. The molecule has 0 fully saturated rings. The van der Waals surface area contributed by atoms with Gasteiger partial charge in [0.2, 0.25) is 0 Å². The van der Waals surface area contributed by atoms with Crippen molar-refractivity contribution in [1.29, 1.82) is 0 Å². The molecule has 34 heavy (non-hydrogen) atoms. The minimum atomic E-state index is 0.407. The minimum Gasteiger partial charge on any atom is -0.342 e. The SMILES string of the molecule is CC(C)C1=Nc2ccc(-c3cc4c5c(c3)Cc3cc(-c6cnc(C(C)C)[nH]6)cc(c3-5)C4)cc2C1. The van der Waals surface area contributed by atoms with Crippen molar-refractivity contribution in [3.63, 3.8) is 0 Å². The Kier molecular flexibility index (Phi) is 4.12. The maximum Gasteiger partial charge on any atom is 0.109 e. The lowest BCUT2D eigenvalue weighted by Gasteiger charge is -2.10. The Morgan fingerprint density at radius 3 is 1.88 bits per heavy atom. The molecule has 0 radical (unpaired) electrons. The highest BCUT2D eigenvalue weighted by Crippen LogP contribution is 2.50. The fourth-order valence-corrected chi connectivity index (χ4v) is 5.98. The Morgan fingerprint density at radius 1 is 0.676 bits per heavy atom. The van der Waals surface area contributed by atoms with Gasteiger partial charge in [-0.2, -0.15) is 0 Å². The molecule has 0 unspecified atom stereocenters. The van der Waals surface area contributed by atoms with Gasteiger partial charge in [0, 0.05) is 23.6 Å². The van der Waals surface area contributed by atoms with Gasteiger partial charge in [-0.25, -0.2) is 4.98 Å². The molecule has 2 heterocycles. The Balaban J connectivity index is 1.24. The predicted molar refractivity (Wildman–Crippen MR) is 140 cm³/mol. The largest absolute Gasteiger partial charge is 0.342 e. The molecular formula is C31H29N3. The van der Waals surface area contributed by atoms with Crippen LogP contribution in [-0.2, 0) is 19.3 Å². The van der Waals surface area contributed by atoms with Crippen molar-refractivity contribution in [3.05, 3.63) is 82.3 Å². The number of rotatable bonds is 4. The molecule has 1 N–H and O–H groups in total. The van der Waals surface area contributed by atoms with Gasteiger partial charge in [-0.1, -0.05) is 45.9 Å². The average Bonchev–Trinajstić information content (AvgIpc) is 3.59. The van der Waals surface area contributed by atoms with Gasteiger partial charge in [0.05, 0.1) is 17.6 Å². The lowest BCUT2D eigenvalue weighted by atomic mass is 9.94. The molecule has 2 aliphatic carbocycles. The molecule has 0 bridgehead atoms. The van der Waals surface area contributed by atoms with Gasteiger partial charge >= 0.3 is 0 Å². The summed E-state index contributed by atoms with van der Waals surface area (Å²) >= 11 is 0. The molecule has 0 saturated carbocycles. The summed E-state index contributed by atoms with van der Waals surface area (Å²) in [6, 6.07) is 16.5. The van der Waals surface area contributed by atoms with E-state index in [1.165, 1.54) is 61.3 Å². The van der Waals surface area contributed by atoms with Gasteiger partial charge in [-0.3, -0.25) is 4.99 Å². The molecule has 3 heteroatoms. The van der Waals surface area contributed by atoms with Crippen molar-refractivity contribution in [2.24, 2.45) is 10.9 Å². The van der Waals surface area contributed by atoms with Crippen LogP contribution in [0, 0.1) is 5.92 Å². The van der Waals surface area contributed by atoms with Gasteiger partial charge in [0.15, 0.2) is 0 Å². The summed E-state index contributed by atoms with van der Waals surface area (Å²) in [5.41, 5.74) is 17.7. The summed E-state index contributed by atoms with van der Waals surface area (Å²) in [6.07, 6.45) is 5.01. The van der Waals surface area contributed by atoms with Crippen LogP contribution in [0.3, 0.4) is 0 Å². The summed E-state index contributed by atoms with van der Waals surface area (Å²) in [7, 11) is 0. The summed E-state index contributed by atoms with van der Waals surface area (Å²) in [5.74, 6) is 1.97. The number of imidazole rings is 1. The van der Waals surface area contributed by atoms with E-state index in [2.05, 4.69) is 80.1 Å². The van der Waals surface area contributed by atoms with E-state index in [0.717, 1.165) is 36.5 Å². The normalized spacial score (nSPS) is 14.8. The van der Waals surface area contributed by atoms with Crippen molar-refractivity contribution < 1.29 is 0 Å². The molecule has 3 nitrogen and oxygen atoms in total. The number of aliphatic imine (C=N–C) groups is 1. The summed E-state index contributed by atoms with van der Waals surface area (Å²) in [6.45, 7) is 8.83. The minimum absolute atomic E-state index is 0.407. The maximum atomic E-state index is 4.85. The highest BCUT2D eigenvalue weighted by Gasteiger charge is 2.31. The van der Waals surface area contributed by atoms with Gasteiger partial charge in [-0.15, -0.1) is 0 Å². The molecule has 0 saturated heterocycles. The van der Waals surface area contributed by atoms with Gasteiger partial charge in [-0.05, 0) is 93.1 Å². The summed E-state index contributed by atoms with van der Waals surface area (Å²) < 4.78 is 0. The average molecular weight is 444 g/mol. The Hall–Kier alpha value is -3.46. The molecule has 168 valence electrons. The molecule has 0 spiro atoms. The zero-order valence-electron chi connectivity index (χ0n) is 20.3. The molecule has 3 aliphatic rings. The number of aromatic nitrogens is 2. The van der Waals surface area contributed by atoms with E-state index in [1.54, 1.807) is 0 Å². The van der Waals surface area contributed by atoms with Crippen molar-refractivity contribution >= 4 is 11.4 Å². The highest BCUT2D eigenvalue weighted by atomic mass is 14.9. The molecule has 1 aromatic heterocycles. The van der Waals surface area contributed by atoms with Crippen LogP contribution in [0.25, 0.3) is 33.5 Å². The number of benzene rings is 3. The van der Waals surface area contributed by atoms with Crippen LogP contribution in [0.1, 0.15) is 67.3 Å². The first-order chi connectivity index (χ1) is 16.4. The first kappa shape index (κ1) is 20.0.